The van der Waals surface area contributed by atoms with Crippen molar-refractivity contribution in [3.63, 3.8) is 0 Å². The lowest BCUT2D eigenvalue weighted by Crippen LogP contribution is -1.90. The highest BCUT2D eigenvalue weighted by atomic mass is 14.7. The number of aryl methyl sites for hydroxylation is 2. The van der Waals surface area contributed by atoms with Crippen LogP contribution in [-0.4, -0.2) is 4.98 Å². The highest BCUT2D eigenvalue weighted by Crippen LogP contribution is 2.11. The lowest BCUT2D eigenvalue weighted by molar-refractivity contribution is 0.607. The number of hydrogen-bond donors (Lipinski definition) is 0. The minimum absolute atomic E-state index is 0.857. The maximum atomic E-state index is 4.52. The van der Waals surface area contributed by atoms with E-state index >= 15 is 0 Å². The monoisotopic (exact) mass is 375 g/mol. The number of unbranched alkanes of at least 4 members (excludes halogenated alkanes) is 8. The first kappa shape index (κ1) is 22.2. The fourth-order valence-electron chi connectivity index (χ4n) is 3.40. The van der Waals surface area contributed by atoms with Crippen molar-refractivity contribution >= 4 is 0 Å². The molecular formula is C27H37N. The normalized spacial score (nSPS) is 10.5. The second-order valence-corrected chi connectivity index (χ2v) is 7.83. The fraction of sp³-hybridized carbons (Fsp3) is 0.519. The fourth-order valence-corrected chi connectivity index (χ4v) is 3.40. The molecule has 0 aliphatic rings. The standard InChI is InChI=1S/C27H37N/c1-3-5-7-9-10-12-14-26-20-22-27(28-23-26)21-19-25-17-15-24(16-18-25)13-11-8-6-4-2/h15-18,20,22-23H,3-14H2,1-2H3. The van der Waals surface area contributed by atoms with Crippen LogP contribution in [0.25, 0.3) is 0 Å². The molecule has 0 atom stereocenters. The van der Waals surface area contributed by atoms with Gasteiger partial charge >= 0.3 is 0 Å². The molecule has 0 radical (unpaired) electrons. The molecule has 0 aliphatic carbocycles. The second-order valence-electron chi connectivity index (χ2n) is 7.83. The van der Waals surface area contributed by atoms with E-state index in [0.717, 1.165) is 17.7 Å². The van der Waals surface area contributed by atoms with Crippen LogP contribution < -0.4 is 0 Å². The quantitative estimate of drug-likeness (QED) is 0.276. The first-order valence-electron chi connectivity index (χ1n) is 11.4. The smallest absolute Gasteiger partial charge is 0.113 e. The maximum Gasteiger partial charge on any atom is 0.113 e. The molecule has 1 nitrogen and oxygen atoms in total. The van der Waals surface area contributed by atoms with Gasteiger partial charge in [-0.2, -0.15) is 0 Å². The first-order chi connectivity index (χ1) is 13.8. The van der Waals surface area contributed by atoms with E-state index < -0.39 is 0 Å². The molecular weight excluding hydrogens is 338 g/mol. The third-order valence-electron chi connectivity index (χ3n) is 5.25. The number of hydrogen-bond acceptors (Lipinski definition) is 1. The molecule has 0 saturated heterocycles. The van der Waals surface area contributed by atoms with E-state index in [0.29, 0.717) is 0 Å². The molecule has 0 fully saturated rings. The minimum Gasteiger partial charge on any atom is -0.248 e. The van der Waals surface area contributed by atoms with Crippen molar-refractivity contribution in [1.29, 1.82) is 0 Å². The molecule has 0 N–H and O–H groups in total. The van der Waals surface area contributed by atoms with Gasteiger partial charge in [0.2, 0.25) is 0 Å². The van der Waals surface area contributed by atoms with Crippen LogP contribution in [0.15, 0.2) is 42.6 Å². The molecule has 0 unspecified atom stereocenters. The van der Waals surface area contributed by atoms with E-state index in [1.807, 2.05) is 6.20 Å². The van der Waals surface area contributed by atoms with Gasteiger partial charge in [0.05, 0.1) is 0 Å². The SMILES string of the molecule is CCCCCCCCc1ccc(C#Cc2ccc(CCCCCC)cc2)nc1. The molecule has 0 amide bonds. The van der Waals surface area contributed by atoms with Crippen LogP contribution in [-0.2, 0) is 12.8 Å². The second kappa shape index (κ2) is 14.0. The van der Waals surface area contributed by atoms with E-state index in [2.05, 4.69) is 67.1 Å². The summed E-state index contributed by atoms with van der Waals surface area (Å²) in [5, 5.41) is 0. The van der Waals surface area contributed by atoms with E-state index in [4.69, 9.17) is 0 Å². The molecule has 0 bridgehead atoms. The molecule has 0 spiro atoms. The van der Waals surface area contributed by atoms with Gasteiger partial charge < -0.3 is 0 Å². The summed E-state index contributed by atoms with van der Waals surface area (Å²) < 4.78 is 0. The number of aromatic nitrogens is 1. The van der Waals surface area contributed by atoms with Gasteiger partial charge in [0.1, 0.15) is 5.69 Å². The Hall–Kier alpha value is -2.07. The highest BCUT2D eigenvalue weighted by Gasteiger charge is 1.97. The van der Waals surface area contributed by atoms with Crippen molar-refractivity contribution < 1.29 is 0 Å². The van der Waals surface area contributed by atoms with Gasteiger partial charge in [-0.1, -0.05) is 89.3 Å². The summed E-state index contributed by atoms with van der Waals surface area (Å²) >= 11 is 0. The van der Waals surface area contributed by atoms with Gasteiger partial charge in [0.25, 0.3) is 0 Å². The largest absolute Gasteiger partial charge is 0.248 e. The number of pyridine rings is 1. The Morgan fingerprint density at radius 2 is 1.18 bits per heavy atom. The minimum atomic E-state index is 0.857. The molecule has 28 heavy (non-hydrogen) atoms. The Morgan fingerprint density at radius 3 is 1.82 bits per heavy atom. The van der Waals surface area contributed by atoms with Crippen LogP contribution >= 0.6 is 0 Å². The molecule has 1 aromatic carbocycles. The van der Waals surface area contributed by atoms with Gasteiger partial charge in [0.15, 0.2) is 0 Å². The van der Waals surface area contributed by atoms with Crippen LogP contribution in [0.1, 0.15) is 100 Å². The Morgan fingerprint density at radius 1 is 0.607 bits per heavy atom. The van der Waals surface area contributed by atoms with Gasteiger partial charge in [-0.05, 0) is 60.9 Å². The summed E-state index contributed by atoms with van der Waals surface area (Å²) in [4.78, 5) is 4.52. The van der Waals surface area contributed by atoms with Crippen molar-refractivity contribution in [2.45, 2.75) is 90.9 Å². The van der Waals surface area contributed by atoms with Gasteiger partial charge in [-0.25, -0.2) is 4.98 Å². The topological polar surface area (TPSA) is 12.9 Å². The molecule has 1 aromatic heterocycles. The van der Waals surface area contributed by atoms with Crippen molar-refractivity contribution in [2.75, 3.05) is 0 Å². The summed E-state index contributed by atoms with van der Waals surface area (Å²) in [6.07, 6.45) is 17.6. The number of nitrogens with zero attached hydrogens (tertiary/aromatic N) is 1. The Bertz CT molecular complexity index is 701. The zero-order valence-electron chi connectivity index (χ0n) is 18.0. The average Bonchev–Trinajstić information content (AvgIpc) is 2.74. The Balaban J connectivity index is 1.75. The molecule has 150 valence electrons. The van der Waals surface area contributed by atoms with E-state index in [1.54, 1.807) is 0 Å². The van der Waals surface area contributed by atoms with Gasteiger partial charge in [0, 0.05) is 11.8 Å². The third-order valence-corrected chi connectivity index (χ3v) is 5.25. The van der Waals surface area contributed by atoms with Crippen molar-refractivity contribution in [1.82, 2.24) is 4.98 Å². The lowest BCUT2D eigenvalue weighted by atomic mass is 10.0. The summed E-state index contributed by atoms with van der Waals surface area (Å²) in [5.41, 5.74) is 4.66. The molecule has 2 rings (SSSR count). The van der Waals surface area contributed by atoms with Gasteiger partial charge in [-0.15, -0.1) is 0 Å². The maximum absolute atomic E-state index is 4.52. The summed E-state index contributed by atoms with van der Waals surface area (Å²) in [5.74, 6) is 6.44. The molecule has 2 aromatic rings. The zero-order chi connectivity index (χ0) is 19.9. The number of rotatable bonds is 12. The average molecular weight is 376 g/mol. The van der Waals surface area contributed by atoms with Crippen LogP contribution in [0.2, 0.25) is 0 Å². The van der Waals surface area contributed by atoms with E-state index in [-0.39, 0.29) is 0 Å². The van der Waals surface area contributed by atoms with Crippen molar-refractivity contribution in [3.05, 3.63) is 65.0 Å². The Labute approximate surface area is 173 Å². The molecule has 1 heteroatoms. The Kier molecular flexibility index (Phi) is 11.1. The van der Waals surface area contributed by atoms with E-state index in [1.165, 1.54) is 81.8 Å². The summed E-state index contributed by atoms with van der Waals surface area (Å²) in [6.45, 7) is 4.52. The van der Waals surface area contributed by atoms with E-state index in [9.17, 15) is 0 Å². The number of benzene rings is 1. The van der Waals surface area contributed by atoms with Crippen LogP contribution in [0, 0.1) is 11.8 Å². The van der Waals surface area contributed by atoms with Crippen LogP contribution in [0.3, 0.4) is 0 Å². The lowest BCUT2D eigenvalue weighted by Gasteiger charge is -2.02. The predicted octanol–water partition coefficient (Wildman–Crippen LogP) is 7.51. The van der Waals surface area contributed by atoms with Gasteiger partial charge in [-0.3, -0.25) is 0 Å². The van der Waals surface area contributed by atoms with Crippen molar-refractivity contribution in [2.24, 2.45) is 0 Å². The third kappa shape index (κ3) is 9.23. The molecule has 0 aliphatic heterocycles. The predicted molar refractivity (Wildman–Crippen MR) is 122 cm³/mol. The molecule has 0 saturated carbocycles. The van der Waals surface area contributed by atoms with Crippen LogP contribution in [0.4, 0.5) is 0 Å². The first-order valence-corrected chi connectivity index (χ1v) is 11.4. The van der Waals surface area contributed by atoms with Crippen LogP contribution in [0.5, 0.6) is 0 Å². The van der Waals surface area contributed by atoms with Crippen molar-refractivity contribution in [3.8, 4) is 11.8 Å². The highest BCUT2D eigenvalue weighted by molar-refractivity contribution is 5.41. The molecule has 1 heterocycles. The summed E-state index contributed by atoms with van der Waals surface area (Å²) in [6, 6.07) is 12.9. The summed E-state index contributed by atoms with van der Waals surface area (Å²) in [7, 11) is 0. The zero-order valence-corrected chi connectivity index (χ0v) is 18.0.